The summed E-state index contributed by atoms with van der Waals surface area (Å²) < 4.78 is 0. The predicted molar refractivity (Wildman–Crippen MR) is 58.5 cm³/mol. The smallest absolute Gasteiger partial charge is 0.348 e. The fraction of sp³-hybridized carbons (Fsp3) is 0.500. The van der Waals surface area contributed by atoms with E-state index in [0.717, 1.165) is 6.33 Å². The van der Waals surface area contributed by atoms with Crippen LogP contribution in [0.15, 0.2) is 6.33 Å². The molecule has 0 aliphatic heterocycles. The van der Waals surface area contributed by atoms with Gasteiger partial charge in [0.1, 0.15) is 6.33 Å². The third-order valence-electron chi connectivity index (χ3n) is 1.91. The van der Waals surface area contributed by atoms with Crippen molar-refractivity contribution in [2.24, 2.45) is 0 Å². The summed E-state index contributed by atoms with van der Waals surface area (Å²) in [5.41, 5.74) is -0.353. The zero-order valence-electron chi connectivity index (χ0n) is 8.55. The highest BCUT2D eigenvalue weighted by Crippen LogP contribution is 2.28. The van der Waals surface area contributed by atoms with E-state index in [1.54, 1.807) is 6.92 Å². The Morgan fingerprint density at radius 3 is 2.94 bits per heavy atom. The molecule has 0 aliphatic rings. The molecule has 8 heteroatoms. The van der Waals surface area contributed by atoms with Crippen molar-refractivity contribution in [3.8, 4) is 0 Å². The van der Waals surface area contributed by atoms with Crippen molar-refractivity contribution >= 4 is 23.1 Å². The van der Waals surface area contributed by atoms with E-state index in [-0.39, 0.29) is 29.3 Å². The molecule has 0 aliphatic carbocycles. The van der Waals surface area contributed by atoms with Crippen LogP contribution in [0.25, 0.3) is 0 Å². The second-order valence-corrected chi connectivity index (χ2v) is 3.53. The van der Waals surface area contributed by atoms with E-state index in [9.17, 15) is 10.1 Å². The highest BCUT2D eigenvalue weighted by atomic mass is 35.5. The largest absolute Gasteiger partial charge is 0.396 e. The quantitative estimate of drug-likeness (QED) is 0.460. The third kappa shape index (κ3) is 3.01. The van der Waals surface area contributed by atoms with Gasteiger partial charge in [0.25, 0.3) is 0 Å². The highest BCUT2D eigenvalue weighted by Gasteiger charge is 2.22. The van der Waals surface area contributed by atoms with Gasteiger partial charge in [0.15, 0.2) is 0 Å². The molecular weight excluding hydrogens is 236 g/mol. The van der Waals surface area contributed by atoms with Crippen LogP contribution in [0, 0.1) is 10.1 Å². The molecule has 0 amide bonds. The molecule has 0 saturated heterocycles. The van der Waals surface area contributed by atoms with Gasteiger partial charge in [0.2, 0.25) is 11.0 Å². The Bertz CT molecular complexity index is 388. The third-order valence-corrected chi connectivity index (χ3v) is 2.18. The summed E-state index contributed by atoms with van der Waals surface area (Å²) in [6, 6.07) is -0.144. The van der Waals surface area contributed by atoms with Crippen LogP contribution in [0.5, 0.6) is 0 Å². The van der Waals surface area contributed by atoms with Crippen molar-refractivity contribution in [1.82, 2.24) is 9.97 Å². The number of nitrogens with one attached hydrogen (secondary N) is 1. The standard InChI is InChI=1S/C8H11ClN4O3/c1-5(2-3-14)12-8-6(13(15)16)7(9)10-4-11-8/h4-5,14H,2-3H2,1H3,(H,10,11,12). The first-order valence-electron chi connectivity index (χ1n) is 4.58. The van der Waals surface area contributed by atoms with Gasteiger partial charge >= 0.3 is 5.69 Å². The number of nitro groups is 1. The fourth-order valence-electron chi connectivity index (χ4n) is 1.12. The second-order valence-electron chi connectivity index (χ2n) is 3.18. The Morgan fingerprint density at radius 2 is 2.38 bits per heavy atom. The summed E-state index contributed by atoms with van der Waals surface area (Å²) in [5.74, 6) is 0.0611. The van der Waals surface area contributed by atoms with Crippen LogP contribution >= 0.6 is 11.6 Å². The van der Waals surface area contributed by atoms with Crippen molar-refractivity contribution in [3.05, 3.63) is 21.6 Å². The number of anilines is 1. The number of aliphatic hydroxyl groups excluding tert-OH is 1. The molecule has 0 saturated carbocycles. The fourth-order valence-corrected chi connectivity index (χ4v) is 1.33. The molecule has 1 unspecified atom stereocenters. The zero-order valence-corrected chi connectivity index (χ0v) is 9.31. The molecule has 1 rings (SSSR count). The highest BCUT2D eigenvalue weighted by molar-refractivity contribution is 6.31. The van der Waals surface area contributed by atoms with Crippen LogP contribution in [0.1, 0.15) is 13.3 Å². The SMILES string of the molecule is CC(CCO)Nc1ncnc(Cl)c1[N+](=O)[O-]. The molecule has 1 aromatic heterocycles. The van der Waals surface area contributed by atoms with Crippen LogP contribution in [0.4, 0.5) is 11.5 Å². The maximum absolute atomic E-state index is 10.7. The zero-order chi connectivity index (χ0) is 12.1. The van der Waals surface area contributed by atoms with E-state index >= 15 is 0 Å². The molecule has 0 radical (unpaired) electrons. The first-order valence-corrected chi connectivity index (χ1v) is 4.96. The summed E-state index contributed by atoms with van der Waals surface area (Å²) in [6.45, 7) is 1.76. The number of aromatic nitrogens is 2. The minimum Gasteiger partial charge on any atom is -0.396 e. The summed E-state index contributed by atoms with van der Waals surface area (Å²) >= 11 is 5.60. The Balaban J connectivity index is 2.95. The van der Waals surface area contributed by atoms with E-state index in [1.807, 2.05) is 0 Å². The Kier molecular flexibility index (Phi) is 4.39. The summed E-state index contributed by atoms with van der Waals surface area (Å²) in [7, 11) is 0. The molecule has 0 fully saturated rings. The second kappa shape index (κ2) is 5.57. The van der Waals surface area contributed by atoms with Gasteiger partial charge < -0.3 is 10.4 Å². The van der Waals surface area contributed by atoms with Crippen LogP contribution < -0.4 is 5.32 Å². The first-order chi connectivity index (χ1) is 7.56. The van der Waals surface area contributed by atoms with Crippen LogP contribution in [0.3, 0.4) is 0 Å². The van der Waals surface area contributed by atoms with Gasteiger partial charge in [-0.25, -0.2) is 9.97 Å². The molecule has 0 aromatic carbocycles. The molecule has 1 heterocycles. The maximum atomic E-state index is 10.7. The molecule has 0 spiro atoms. The van der Waals surface area contributed by atoms with Gasteiger partial charge in [-0.2, -0.15) is 0 Å². The lowest BCUT2D eigenvalue weighted by molar-refractivity contribution is -0.384. The van der Waals surface area contributed by atoms with Crippen molar-refractivity contribution < 1.29 is 10.0 Å². The molecule has 1 atom stereocenters. The lowest BCUT2D eigenvalue weighted by Gasteiger charge is -2.12. The summed E-state index contributed by atoms with van der Waals surface area (Å²) in [5, 5.41) is 22.0. The Hall–Kier alpha value is -1.47. The minimum absolute atomic E-state index is 0.0131. The molecule has 16 heavy (non-hydrogen) atoms. The maximum Gasteiger partial charge on any atom is 0.348 e. The molecular formula is C8H11ClN4O3. The average molecular weight is 247 g/mol. The predicted octanol–water partition coefficient (Wildman–Crippen LogP) is 1.22. The Labute approximate surface area is 96.6 Å². The van der Waals surface area contributed by atoms with E-state index in [0.29, 0.717) is 6.42 Å². The lowest BCUT2D eigenvalue weighted by atomic mass is 10.2. The first kappa shape index (κ1) is 12.6. The Morgan fingerprint density at radius 1 is 1.69 bits per heavy atom. The monoisotopic (exact) mass is 246 g/mol. The van der Waals surface area contributed by atoms with Gasteiger partial charge in [-0.1, -0.05) is 11.6 Å². The van der Waals surface area contributed by atoms with E-state index in [1.165, 1.54) is 0 Å². The summed E-state index contributed by atoms with van der Waals surface area (Å²) in [4.78, 5) is 17.4. The van der Waals surface area contributed by atoms with Gasteiger partial charge in [-0.3, -0.25) is 10.1 Å². The molecule has 7 nitrogen and oxygen atoms in total. The average Bonchev–Trinajstić information content (AvgIpc) is 2.17. The van der Waals surface area contributed by atoms with Crippen molar-refractivity contribution in [2.75, 3.05) is 11.9 Å². The number of aliphatic hydroxyl groups is 1. The molecule has 2 N–H and O–H groups in total. The van der Waals surface area contributed by atoms with Gasteiger partial charge in [-0.15, -0.1) is 0 Å². The topological polar surface area (TPSA) is 101 Å². The van der Waals surface area contributed by atoms with Crippen molar-refractivity contribution in [3.63, 3.8) is 0 Å². The van der Waals surface area contributed by atoms with Crippen LogP contribution in [-0.2, 0) is 0 Å². The summed E-state index contributed by atoms with van der Waals surface area (Å²) in [6.07, 6.45) is 1.60. The van der Waals surface area contributed by atoms with Crippen molar-refractivity contribution in [1.29, 1.82) is 0 Å². The lowest BCUT2D eigenvalue weighted by Crippen LogP contribution is -2.18. The van der Waals surface area contributed by atoms with Crippen LogP contribution in [-0.4, -0.2) is 32.6 Å². The van der Waals surface area contributed by atoms with Crippen molar-refractivity contribution in [2.45, 2.75) is 19.4 Å². The van der Waals surface area contributed by atoms with Crippen LogP contribution in [0.2, 0.25) is 5.15 Å². The normalized spacial score (nSPS) is 12.2. The minimum atomic E-state index is -0.643. The van der Waals surface area contributed by atoms with Gasteiger partial charge in [-0.05, 0) is 13.3 Å². The molecule has 1 aromatic rings. The molecule has 88 valence electrons. The molecule has 0 bridgehead atoms. The number of hydrogen-bond acceptors (Lipinski definition) is 6. The van der Waals surface area contributed by atoms with Gasteiger partial charge in [0.05, 0.1) is 4.92 Å². The van der Waals surface area contributed by atoms with E-state index < -0.39 is 4.92 Å². The number of nitrogens with zero attached hydrogens (tertiary/aromatic N) is 3. The number of rotatable bonds is 5. The number of halogens is 1. The van der Waals surface area contributed by atoms with E-state index in [4.69, 9.17) is 16.7 Å². The van der Waals surface area contributed by atoms with E-state index in [2.05, 4.69) is 15.3 Å². The van der Waals surface area contributed by atoms with Gasteiger partial charge in [0, 0.05) is 12.6 Å². The number of hydrogen-bond donors (Lipinski definition) is 2.